The van der Waals surface area contributed by atoms with Gasteiger partial charge in [0.15, 0.2) is 0 Å². The summed E-state index contributed by atoms with van der Waals surface area (Å²) in [7, 11) is 0. The van der Waals surface area contributed by atoms with Gasteiger partial charge in [0, 0.05) is 13.2 Å². The fourth-order valence-corrected chi connectivity index (χ4v) is 1.01. The summed E-state index contributed by atoms with van der Waals surface area (Å²) in [4.78, 5) is 0. The van der Waals surface area contributed by atoms with Crippen molar-refractivity contribution in [2.24, 2.45) is 0 Å². The van der Waals surface area contributed by atoms with Crippen molar-refractivity contribution in [1.29, 1.82) is 0 Å². The molecule has 0 aromatic heterocycles. The lowest BCUT2D eigenvalue weighted by Crippen LogP contribution is -1.95. The zero-order valence-electron chi connectivity index (χ0n) is 11.1. The van der Waals surface area contributed by atoms with Crippen LogP contribution in [0.1, 0.15) is 66.2 Å². The largest absolute Gasteiger partial charge is 0.393 e. The van der Waals surface area contributed by atoms with E-state index in [4.69, 9.17) is 9.84 Å². The number of hydrogen-bond donors (Lipinski definition) is 1. The third-order valence-electron chi connectivity index (χ3n) is 1.99. The first kappa shape index (κ1) is 17.3. The maximum Gasteiger partial charge on any atom is 0.0512 e. The van der Waals surface area contributed by atoms with Gasteiger partial charge in [-0.1, -0.05) is 40.0 Å². The molecule has 94 valence electrons. The Kier molecular flexibility index (Phi) is 18.9. The summed E-state index contributed by atoms with van der Waals surface area (Å²) in [5.41, 5.74) is 0. The van der Waals surface area contributed by atoms with Crippen molar-refractivity contribution in [2.45, 2.75) is 72.3 Å². The molecule has 2 heteroatoms. The van der Waals surface area contributed by atoms with E-state index >= 15 is 0 Å². The molecule has 2 nitrogen and oxygen atoms in total. The monoisotopic (exact) mass is 218 g/mol. The highest BCUT2D eigenvalue weighted by Gasteiger charge is 1.87. The molecule has 1 atom stereocenters. The molecule has 0 saturated heterocycles. The minimum absolute atomic E-state index is 0.102. The van der Waals surface area contributed by atoms with Crippen LogP contribution in [0, 0.1) is 0 Å². The highest BCUT2D eigenvalue weighted by Crippen LogP contribution is 1.91. The summed E-state index contributed by atoms with van der Waals surface area (Å²) in [6.45, 7) is 10.1. The lowest BCUT2D eigenvalue weighted by atomic mass is 10.2. The number of unbranched alkanes of at least 4 members (excludes halogenated alkanes) is 2. The van der Waals surface area contributed by atoms with E-state index in [-0.39, 0.29) is 6.10 Å². The Morgan fingerprint density at radius 3 is 1.60 bits per heavy atom. The molecule has 0 amide bonds. The van der Waals surface area contributed by atoms with E-state index in [1.165, 1.54) is 25.7 Å². The first-order valence-electron chi connectivity index (χ1n) is 6.44. The topological polar surface area (TPSA) is 29.5 Å². The molecule has 1 N–H and O–H groups in total. The maximum absolute atomic E-state index is 8.55. The number of rotatable bonds is 8. The van der Waals surface area contributed by atoms with Crippen LogP contribution in [0.25, 0.3) is 0 Å². The van der Waals surface area contributed by atoms with E-state index in [2.05, 4.69) is 20.8 Å². The van der Waals surface area contributed by atoms with Gasteiger partial charge in [0.1, 0.15) is 0 Å². The fourth-order valence-electron chi connectivity index (χ4n) is 1.01. The summed E-state index contributed by atoms with van der Waals surface area (Å²) in [6, 6.07) is 0. The van der Waals surface area contributed by atoms with Gasteiger partial charge < -0.3 is 9.84 Å². The van der Waals surface area contributed by atoms with Gasteiger partial charge in [0.25, 0.3) is 0 Å². The van der Waals surface area contributed by atoms with Crippen molar-refractivity contribution < 1.29 is 9.84 Å². The van der Waals surface area contributed by atoms with E-state index in [1.54, 1.807) is 0 Å². The van der Waals surface area contributed by atoms with Crippen molar-refractivity contribution in [3.63, 3.8) is 0 Å². The summed E-state index contributed by atoms with van der Waals surface area (Å²) in [5.74, 6) is 0. The van der Waals surface area contributed by atoms with Gasteiger partial charge in [0.2, 0.25) is 0 Å². The normalized spacial score (nSPS) is 11.8. The lowest BCUT2D eigenvalue weighted by Gasteiger charge is -1.99. The summed E-state index contributed by atoms with van der Waals surface area (Å²) in [6.07, 6.45) is 6.82. The van der Waals surface area contributed by atoms with E-state index in [0.29, 0.717) is 0 Å². The predicted octanol–water partition coefficient (Wildman–Crippen LogP) is 3.77. The van der Waals surface area contributed by atoms with Crippen LogP contribution in [-0.2, 0) is 4.74 Å². The van der Waals surface area contributed by atoms with Crippen LogP contribution >= 0.6 is 0 Å². The summed E-state index contributed by atoms with van der Waals surface area (Å²) < 4.78 is 5.31. The van der Waals surface area contributed by atoms with Gasteiger partial charge in [-0.3, -0.25) is 0 Å². The van der Waals surface area contributed by atoms with E-state index in [9.17, 15) is 0 Å². The standard InChI is InChI=1S/C8H18O.C5H12O/c1-3-5-7-9-8-6-4-2;1-3-4-5(2)6/h3-8H2,1-2H3;5-6H,3-4H2,1-2H3. The molecule has 15 heavy (non-hydrogen) atoms. The van der Waals surface area contributed by atoms with Crippen molar-refractivity contribution in [3.8, 4) is 0 Å². The second-order valence-electron chi connectivity index (χ2n) is 3.96. The number of ether oxygens (including phenoxy) is 1. The minimum Gasteiger partial charge on any atom is -0.393 e. The van der Waals surface area contributed by atoms with Gasteiger partial charge in [-0.25, -0.2) is 0 Å². The van der Waals surface area contributed by atoms with Gasteiger partial charge in [0.05, 0.1) is 6.10 Å². The molecule has 0 aromatic carbocycles. The molecular formula is C13H30O2. The van der Waals surface area contributed by atoms with Crippen LogP contribution in [0.3, 0.4) is 0 Å². The Labute approximate surface area is 96.0 Å². The Morgan fingerprint density at radius 1 is 0.933 bits per heavy atom. The highest BCUT2D eigenvalue weighted by atomic mass is 16.5. The maximum atomic E-state index is 8.55. The molecule has 0 aliphatic rings. The molecule has 0 fully saturated rings. The van der Waals surface area contributed by atoms with Crippen LogP contribution in [0.2, 0.25) is 0 Å². The van der Waals surface area contributed by atoms with E-state index in [1.807, 2.05) is 6.92 Å². The fraction of sp³-hybridized carbons (Fsp3) is 1.00. The van der Waals surface area contributed by atoms with Crippen molar-refractivity contribution in [2.75, 3.05) is 13.2 Å². The molecule has 0 radical (unpaired) electrons. The van der Waals surface area contributed by atoms with Crippen LogP contribution < -0.4 is 0 Å². The SMILES string of the molecule is CCCC(C)O.CCCCOCCCC. The summed E-state index contributed by atoms with van der Waals surface area (Å²) >= 11 is 0. The zero-order valence-corrected chi connectivity index (χ0v) is 11.1. The number of aliphatic hydroxyl groups is 1. The number of aliphatic hydroxyl groups excluding tert-OH is 1. The number of hydrogen-bond acceptors (Lipinski definition) is 2. The van der Waals surface area contributed by atoms with Crippen LogP contribution in [0.5, 0.6) is 0 Å². The smallest absolute Gasteiger partial charge is 0.0512 e. The molecule has 0 bridgehead atoms. The Bertz CT molecular complexity index is 86.5. The van der Waals surface area contributed by atoms with Crippen LogP contribution in [-0.4, -0.2) is 24.4 Å². The molecule has 0 rings (SSSR count). The Hall–Kier alpha value is -0.0800. The second-order valence-corrected chi connectivity index (χ2v) is 3.96. The predicted molar refractivity (Wildman–Crippen MR) is 67.2 cm³/mol. The molecule has 1 unspecified atom stereocenters. The van der Waals surface area contributed by atoms with Gasteiger partial charge in [-0.05, 0) is 26.2 Å². The Morgan fingerprint density at radius 2 is 1.40 bits per heavy atom. The third kappa shape index (κ3) is 24.9. The van der Waals surface area contributed by atoms with E-state index < -0.39 is 0 Å². The quantitative estimate of drug-likeness (QED) is 0.628. The lowest BCUT2D eigenvalue weighted by molar-refractivity contribution is 0.128. The van der Waals surface area contributed by atoms with Gasteiger partial charge in [-0.2, -0.15) is 0 Å². The van der Waals surface area contributed by atoms with Gasteiger partial charge >= 0.3 is 0 Å². The highest BCUT2D eigenvalue weighted by molar-refractivity contribution is 4.40. The first-order chi connectivity index (χ1) is 7.18. The molecule has 0 saturated carbocycles. The van der Waals surface area contributed by atoms with Crippen molar-refractivity contribution in [1.82, 2.24) is 0 Å². The van der Waals surface area contributed by atoms with E-state index in [0.717, 1.165) is 26.1 Å². The van der Waals surface area contributed by atoms with Crippen LogP contribution in [0.4, 0.5) is 0 Å². The summed E-state index contributed by atoms with van der Waals surface area (Å²) in [5, 5.41) is 8.55. The van der Waals surface area contributed by atoms with Crippen LogP contribution in [0.15, 0.2) is 0 Å². The first-order valence-corrected chi connectivity index (χ1v) is 6.44. The molecule has 0 spiro atoms. The molecule has 0 aliphatic carbocycles. The average Bonchev–Trinajstić information content (AvgIpc) is 2.18. The third-order valence-corrected chi connectivity index (χ3v) is 1.99. The molecule has 0 aliphatic heterocycles. The average molecular weight is 218 g/mol. The Balaban J connectivity index is 0. The van der Waals surface area contributed by atoms with Crippen molar-refractivity contribution >= 4 is 0 Å². The second kappa shape index (κ2) is 16.4. The molecular weight excluding hydrogens is 188 g/mol. The minimum atomic E-state index is -0.102. The molecule has 0 aromatic rings. The van der Waals surface area contributed by atoms with Crippen molar-refractivity contribution in [3.05, 3.63) is 0 Å². The molecule has 0 heterocycles. The van der Waals surface area contributed by atoms with Gasteiger partial charge in [-0.15, -0.1) is 0 Å². The zero-order chi connectivity index (χ0) is 11.9.